The smallest absolute Gasteiger partial charge is 0.270 e. The molecule has 9 heteroatoms. The van der Waals surface area contributed by atoms with Crippen LogP contribution in [0.4, 0.5) is 5.69 Å². The number of carbonyl (C=O) groups is 2. The molecule has 25 heavy (non-hydrogen) atoms. The minimum Gasteiger partial charge on any atom is -0.352 e. The maximum absolute atomic E-state index is 11.7. The van der Waals surface area contributed by atoms with E-state index in [9.17, 15) is 19.7 Å². The van der Waals surface area contributed by atoms with Gasteiger partial charge in [0, 0.05) is 36.6 Å². The molecule has 0 bridgehead atoms. The van der Waals surface area contributed by atoms with Crippen LogP contribution in [0.5, 0.6) is 0 Å². The van der Waals surface area contributed by atoms with E-state index in [0.717, 1.165) is 5.56 Å². The third kappa shape index (κ3) is 6.18. The Labute approximate surface area is 142 Å². The van der Waals surface area contributed by atoms with Gasteiger partial charge in [-0.25, -0.2) is 5.43 Å². The Morgan fingerprint density at radius 2 is 2.08 bits per heavy atom. The van der Waals surface area contributed by atoms with Crippen LogP contribution in [0.1, 0.15) is 17.5 Å². The van der Waals surface area contributed by atoms with Gasteiger partial charge in [-0.2, -0.15) is 5.10 Å². The van der Waals surface area contributed by atoms with E-state index in [2.05, 4.69) is 20.8 Å². The molecular weight excluding hydrogens is 326 g/mol. The number of hydrogen-bond acceptors (Lipinski definition) is 6. The van der Waals surface area contributed by atoms with Crippen molar-refractivity contribution in [2.24, 2.45) is 5.10 Å². The van der Waals surface area contributed by atoms with Gasteiger partial charge in [0.1, 0.15) is 6.42 Å². The van der Waals surface area contributed by atoms with Crippen molar-refractivity contribution in [2.75, 3.05) is 0 Å². The van der Waals surface area contributed by atoms with E-state index in [0.29, 0.717) is 5.56 Å². The van der Waals surface area contributed by atoms with Gasteiger partial charge in [0.05, 0.1) is 11.1 Å². The number of nitrogens with zero attached hydrogens (tertiary/aromatic N) is 3. The number of nitro benzene ring substituents is 1. The first-order valence-electron chi connectivity index (χ1n) is 7.26. The summed E-state index contributed by atoms with van der Waals surface area (Å²) < 4.78 is 0. The number of benzene rings is 1. The number of nitro groups is 1. The Morgan fingerprint density at radius 1 is 1.24 bits per heavy atom. The molecule has 2 rings (SSSR count). The molecule has 1 heterocycles. The van der Waals surface area contributed by atoms with E-state index in [1.807, 2.05) is 0 Å². The summed E-state index contributed by atoms with van der Waals surface area (Å²) in [6, 6.07) is 9.32. The van der Waals surface area contributed by atoms with Crippen molar-refractivity contribution < 1.29 is 14.5 Å². The molecule has 0 radical (unpaired) electrons. The van der Waals surface area contributed by atoms with Gasteiger partial charge < -0.3 is 5.32 Å². The summed E-state index contributed by atoms with van der Waals surface area (Å²) in [5, 5.41) is 16.9. The van der Waals surface area contributed by atoms with Gasteiger partial charge in [-0.15, -0.1) is 0 Å². The lowest BCUT2D eigenvalue weighted by Crippen LogP contribution is -2.29. The monoisotopic (exact) mass is 341 g/mol. The molecule has 0 aliphatic heterocycles. The first-order valence-corrected chi connectivity index (χ1v) is 7.26. The summed E-state index contributed by atoms with van der Waals surface area (Å²) in [4.78, 5) is 37.3. The summed E-state index contributed by atoms with van der Waals surface area (Å²) in [7, 11) is 0. The Morgan fingerprint density at radius 3 is 2.80 bits per heavy atom. The molecule has 1 aromatic carbocycles. The van der Waals surface area contributed by atoms with Gasteiger partial charge in [0.2, 0.25) is 11.8 Å². The predicted octanol–water partition coefficient (Wildman–Crippen LogP) is 1.15. The Hall–Kier alpha value is -3.62. The quantitative estimate of drug-likeness (QED) is 0.338. The van der Waals surface area contributed by atoms with Crippen LogP contribution in [-0.4, -0.2) is 27.9 Å². The molecule has 2 N–H and O–H groups in total. The largest absolute Gasteiger partial charge is 0.352 e. The van der Waals surface area contributed by atoms with Crippen LogP contribution in [0, 0.1) is 10.1 Å². The molecule has 0 saturated heterocycles. The zero-order chi connectivity index (χ0) is 18.1. The van der Waals surface area contributed by atoms with E-state index in [1.165, 1.54) is 24.4 Å². The second-order valence-electron chi connectivity index (χ2n) is 4.96. The zero-order valence-corrected chi connectivity index (χ0v) is 13.1. The summed E-state index contributed by atoms with van der Waals surface area (Å²) in [6.45, 7) is 0.275. The van der Waals surface area contributed by atoms with Crippen molar-refractivity contribution in [3.63, 3.8) is 0 Å². The van der Waals surface area contributed by atoms with Crippen LogP contribution < -0.4 is 10.7 Å². The average molecular weight is 341 g/mol. The maximum atomic E-state index is 11.7. The lowest BCUT2D eigenvalue weighted by atomic mass is 10.2. The Balaban J connectivity index is 1.77. The van der Waals surface area contributed by atoms with Crippen LogP contribution in [0.3, 0.4) is 0 Å². The Bertz CT molecular complexity index is 792. The number of pyridine rings is 1. The van der Waals surface area contributed by atoms with Gasteiger partial charge in [-0.05, 0) is 11.6 Å². The van der Waals surface area contributed by atoms with Gasteiger partial charge in [0.15, 0.2) is 0 Å². The molecule has 9 nitrogen and oxygen atoms in total. The highest BCUT2D eigenvalue weighted by atomic mass is 16.6. The maximum Gasteiger partial charge on any atom is 0.270 e. The molecule has 0 saturated carbocycles. The van der Waals surface area contributed by atoms with Crippen LogP contribution in [0.15, 0.2) is 53.9 Å². The van der Waals surface area contributed by atoms with E-state index in [1.54, 1.807) is 30.6 Å². The minimum atomic E-state index is -0.592. The lowest BCUT2D eigenvalue weighted by molar-refractivity contribution is -0.384. The normalized spacial score (nSPS) is 10.4. The fourth-order valence-corrected chi connectivity index (χ4v) is 1.85. The predicted molar refractivity (Wildman–Crippen MR) is 89.5 cm³/mol. The summed E-state index contributed by atoms with van der Waals surface area (Å²) in [5.41, 5.74) is 3.39. The Kier molecular flexibility index (Phi) is 6.29. The van der Waals surface area contributed by atoms with Crippen molar-refractivity contribution in [3.05, 3.63) is 70.0 Å². The lowest BCUT2D eigenvalue weighted by Gasteiger charge is -2.04. The third-order valence-corrected chi connectivity index (χ3v) is 3.02. The number of nitrogens with one attached hydrogen (secondary N) is 2. The van der Waals surface area contributed by atoms with Crippen LogP contribution in [0.25, 0.3) is 0 Å². The van der Waals surface area contributed by atoms with E-state index in [4.69, 9.17) is 0 Å². The van der Waals surface area contributed by atoms with Crippen molar-refractivity contribution in [3.8, 4) is 0 Å². The van der Waals surface area contributed by atoms with Crippen molar-refractivity contribution in [1.29, 1.82) is 0 Å². The molecular formula is C16H15N5O4. The molecule has 1 aromatic heterocycles. The number of rotatable bonds is 7. The van der Waals surface area contributed by atoms with E-state index < -0.39 is 16.7 Å². The number of hydrazone groups is 1. The van der Waals surface area contributed by atoms with Gasteiger partial charge in [-0.1, -0.05) is 18.2 Å². The highest BCUT2D eigenvalue weighted by Crippen LogP contribution is 2.11. The fraction of sp³-hybridized carbons (Fsp3) is 0.125. The number of aromatic nitrogens is 1. The topological polar surface area (TPSA) is 127 Å². The van der Waals surface area contributed by atoms with Gasteiger partial charge in [-0.3, -0.25) is 24.7 Å². The van der Waals surface area contributed by atoms with Crippen LogP contribution >= 0.6 is 0 Å². The molecule has 0 spiro atoms. The standard InChI is InChI=1S/C16H15N5O4/c22-15(18-10-13-4-2-6-17-9-13)8-16(23)20-19-11-12-3-1-5-14(7-12)21(24)25/h1-7,9,11H,8,10H2,(H,18,22)(H,20,23)/b19-11-. The third-order valence-electron chi connectivity index (χ3n) is 3.02. The van der Waals surface area contributed by atoms with Crippen LogP contribution in [-0.2, 0) is 16.1 Å². The number of non-ortho nitro benzene ring substituents is 1. The van der Waals surface area contributed by atoms with Crippen molar-refractivity contribution >= 4 is 23.7 Å². The van der Waals surface area contributed by atoms with Crippen molar-refractivity contribution in [1.82, 2.24) is 15.7 Å². The second-order valence-corrected chi connectivity index (χ2v) is 4.96. The minimum absolute atomic E-state index is 0.0787. The molecule has 0 fully saturated rings. The average Bonchev–Trinajstić information content (AvgIpc) is 2.61. The summed E-state index contributed by atoms with van der Waals surface area (Å²) in [6.07, 6.45) is 4.12. The highest BCUT2D eigenvalue weighted by Gasteiger charge is 2.08. The molecule has 2 aromatic rings. The molecule has 128 valence electrons. The van der Waals surface area contributed by atoms with Crippen molar-refractivity contribution in [2.45, 2.75) is 13.0 Å². The summed E-state index contributed by atoms with van der Waals surface area (Å²) >= 11 is 0. The number of carbonyl (C=O) groups excluding carboxylic acids is 2. The first-order chi connectivity index (χ1) is 12.0. The number of amides is 2. The van der Waals surface area contributed by atoms with E-state index >= 15 is 0 Å². The highest BCUT2D eigenvalue weighted by molar-refractivity contribution is 5.97. The molecule has 0 unspecified atom stereocenters. The van der Waals surface area contributed by atoms with Gasteiger partial charge in [0.25, 0.3) is 5.69 Å². The van der Waals surface area contributed by atoms with Crippen LogP contribution in [0.2, 0.25) is 0 Å². The first kappa shape index (κ1) is 17.7. The molecule has 0 aliphatic rings. The van der Waals surface area contributed by atoms with E-state index in [-0.39, 0.29) is 18.7 Å². The summed E-state index contributed by atoms with van der Waals surface area (Å²) in [5.74, 6) is -1.04. The molecule has 0 aliphatic carbocycles. The zero-order valence-electron chi connectivity index (χ0n) is 13.1. The fourth-order valence-electron chi connectivity index (χ4n) is 1.85. The second kappa shape index (κ2) is 8.87. The SMILES string of the molecule is O=C(CC(=O)N/N=C\c1cccc([N+](=O)[O-])c1)NCc1cccnc1. The number of hydrogen-bond donors (Lipinski definition) is 2. The van der Waals surface area contributed by atoms with Gasteiger partial charge >= 0.3 is 0 Å². The molecule has 0 atom stereocenters. The molecule has 2 amide bonds.